The summed E-state index contributed by atoms with van der Waals surface area (Å²) < 4.78 is 5.70. The molecule has 0 radical (unpaired) electrons. The molecule has 0 unspecified atom stereocenters. The molecule has 0 fully saturated rings. The molecule has 0 saturated heterocycles. The first kappa shape index (κ1) is 21.1. The van der Waals surface area contributed by atoms with Gasteiger partial charge in [0.25, 0.3) is 5.91 Å². The molecular weight excluding hydrogens is 387 g/mol. The van der Waals surface area contributed by atoms with Crippen LogP contribution in [0.4, 0.5) is 0 Å². The minimum Gasteiger partial charge on any atom is -0.492 e. The number of benzene rings is 2. The first-order valence-corrected chi connectivity index (χ1v) is 9.20. The Morgan fingerprint density at radius 2 is 1.74 bits per heavy atom. The van der Waals surface area contributed by atoms with E-state index in [1.807, 2.05) is 26.0 Å². The van der Waals surface area contributed by atoms with E-state index in [9.17, 15) is 9.59 Å². The number of aryl methyl sites for hydroxylation is 2. The Hall–Kier alpha value is -2.24. The normalized spacial score (nSPS) is 10.4. The Kier molecular flexibility index (Phi) is 7.51. The largest absolute Gasteiger partial charge is 0.492 e. The van der Waals surface area contributed by atoms with Crippen molar-refractivity contribution in [2.75, 3.05) is 26.7 Å². The molecule has 144 valence electrons. The molecule has 2 aromatic carbocycles. The number of hydrogen-bond acceptors (Lipinski definition) is 3. The van der Waals surface area contributed by atoms with Crippen LogP contribution >= 0.6 is 23.2 Å². The third-order valence-electron chi connectivity index (χ3n) is 3.89. The van der Waals surface area contributed by atoms with E-state index in [0.717, 1.165) is 16.9 Å². The second kappa shape index (κ2) is 9.62. The van der Waals surface area contributed by atoms with Crippen molar-refractivity contribution in [3.05, 3.63) is 63.1 Å². The lowest BCUT2D eigenvalue weighted by atomic mass is 10.1. The lowest BCUT2D eigenvalue weighted by Crippen LogP contribution is -2.39. The van der Waals surface area contributed by atoms with Crippen molar-refractivity contribution >= 4 is 35.0 Å². The molecule has 0 heterocycles. The maximum atomic E-state index is 12.2. The van der Waals surface area contributed by atoms with Crippen LogP contribution in [-0.4, -0.2) is 43.5 Å². The number of halogens is 2. The van der Waals surface area contributed by atoms with Gasteiger partial charge in [-0.15, -0.1) is 0 Å². The van der Waals surface area contributed by atoms with Crippen LogP contribution in [0.1, 0.15) is 21.5 Å². The van der Waals surface area contributed by atoms with Crippen LogP contribution in [0.25, 0.3) is 0 Å². The maximum Gasteiger partial charge on any atom is 0.253 e. The second-order valence-corrected chi connectivity index (χ2v) is 7.14. The number of carbonyl (C=O) groups excluding carboxylic acids is 2. The van der Waals surface area contributed by atoms with Crippen LogP contribution in [0.3, 0.4) is 0 Å². The molecule has 1 N–H and O–H groups in total. The lowest BCUT2D eigenvalue weighted by Gasteiger charge is -2.18. The Morgan fingerprint density at radius 1 is 1.07 bits per heavy atom. The van der Waals surface area contributed by atoms with Crippen molar-refractivity contribution in [2.24, 2.45) is 0 Å². The summed E-state index contributed by atoms with van der Waals surface area (Å²) in [6, 6.07) is 10.5. The number of nitrogens with zero attached hydrogens (tertiary/aromatic N) is 1. The summed E-state index contributed by atoms with van der Waals surface area (Å²) in [6.45, 7) is 4.65. The molecule has 2 aromatic rings. The number of hydrogen-bond donors (Lipinski definition) is 1. The van der Waals surface area contributed by atoms with E-state index in [1.165, 1.54) is 17.0 Å². The van der Waals surface area contributed by atoms with Gasteiger partial charge in [-0.25, -0.2) is 0 Å². The molecule has 0 aliphatic heterocycles. The summed E-state index contributed by atoms with van der Waals surface area (Å²) >= 11 is 11.8. The molecule has 2 rings (SSSR count). The van der Waals surface area contributed by atoms with Crippen LogP contribution in [0.5, 0.6) is 5.75 Å². The summed E-state index contributed by atoms with van der Waals surface area (Å²) in [6.07, 6.45) is 0. The summed E-state index contributed by atoms with van der Waals surface area (Å²) in [4.78, 5) is 25.8. The Bertz CT molecular complexity index is 820. The predicted molar refractivity (Wildman–Crippen MR) is 108 cm³/mol. The Labute approximate surface area is 169 Å². The van der Waals surface area contributed by atoms with Gasteiger partial charge in [-0.3, -0.25) is 9.59 Å². The topological polar surface area (TPSA) is 58.6 Å². The molecule has 0 aromatic heterocycles. The van der Waals surface area contributed by atoms with Gasteiger partial charge in [0.15, 0.2) is 0 Å². The number of carbonyl (C=O) groups is 2. The quantitative estimate of drug-likeness (QED) is 0.755. The van der Waals surface area contributed by atoms with Gasteiger partial charge in [-0.05, 0) is 55.3 Å². The van der Waals surface area contributed by atoms with Gasteiger partial charge in [0.05, 0.1) is 23.7 Å². The lowest BCUT2D eigenvalue weighted by molar-refractivity contribution is -0.129. The fourth-order valence-electron chi connectivity index (χ4n) is 2.50. The van der Waals surface area contributed by atoms with E-state index in [1.54, 1.807) is 13.1 Å². The van der Waals surface area contributed by atoms with E-state index < -0.39 is 5.91 Å². The SMILES string of the molecule is Cc1cc(C)cc(OCCN(C)C(=O)CNC(=O)c2ccc(Cl)cc2Cl)c1. The van der Waals surface area contributed by atoms with Crippen molar-refractivity contribution in [2.45, 2.75) is 13.8 Å². The van der Waals surface area contributed by atoms with E-state index in [2.05, 4.69) is 11.4 Å². The van der Waals surface area contributed by atoms with Crippen LogP contribution < -0.4 is 10.1 Å². The monoisotopic (exact) mass is 408 g/mol. The highest BCUT2D eigenvalue weighted by atomic mass is 35.5. The van der Waals surface area contributed by atoms with Crippen molar-refractivity contribution in [3.63, 3.8) is 0 Å². The van der Waals surface area contributed by atoms with Crippen molar-refractivity contribution in [3.8, 4) is 5.75 Å². The third-order valence-corrected chi connectivity index (χ3v) is 4.44. The molecule has 0 saturated carbocycles. The first-order valence-electron chi connectivity index (χ1n) is 8.44. The van der Waals surface area contributed by atoms with Crippen molar-refractivity contribution < 1.29 is 14.3 Å². The van der Waals surface area contributed by atoms with E-state index in [4.69, 9.17) is 27.9 Å². The predicted octanol–water partition coefficient (Wildman–Crippen LogP) is 3.88. The Morgan fingerprint density at radius 3 is 2.37 bits per heavy atom. The van der Waals surface area contributed by atoms with Crippen molar-refractivity contribution in [1.82, 2.24) is 10.2 Å². The van der Waals surface area contributed by atoms with Gasteiger partial charge in [0, 0.05) is 12.1 Å². The van der Waals surface area contributed by atoms with Gasteiger partial charge in [-0.1, -0.05) is 29.3 Å². The summed E-state index contributed by atoms with van der Waals surface area (Å²) in [5.74, 6) is 0.126. The zero-order chi connectivity index (χ0) is 20.0. The van der Waals surface area contributed by atoms with E-state index in [-0.39, 0.29) is 23.0 Å². The van der Waals surface area contributed by atoms with Crippen LogP contribution in [0.2, 0.25) is 10.0 Å². The second-order valence-electron chi connectivity index (χ2n) is 6.29. The molecule has 7 heteroatoms. The average molecular weight is 409 g/mol. The summed E-state index contributed by atoms with van der Waals surface area (Å²) in [7, 11) is 1.66. The molecule has 0 aliphatic carbocycles. The number of rotatable bonds is 7. The maximum absolute atomic E-state index is 12.2. The highest BCUT2D eigenvalue weighted by Gasteiger charge is 2.14. The molecule has 27 heavy (non-hydrogen) atoms. The molecule has 0 aliphatic rings. The van der Waals surface area contributed by atoms with Gasteiger partial charge in [0.1, 0.15) is 12.4 Å². The minimum absolute atomic E-state index is 0.127. The molecule has 0 spiro atoms. The van der Waals surface area contributed by atoms with Gasteiger partial charge < -0.3 is 15.0 Å². The van der Waals surface area contributed by atoms with Gasteiger partial charge in [0.2, 0.25) is 5.91 Å². The summed E-state index contributed by atoms with van der Waals surface area (Å²) in [5, 5.41) is 3.24. The highest BCUT2D eigenvalue weighted by molar-refractivity contribution is 6.36. The third kappa shape index (κ3) is 6.45. The first-order chi connectivity index (χ1) is 12.8. The minimum atomic E-state index is -0.426. The number of amides is 2. The van der Waals surface area contributed by atoms with Crippen molar-refractivity contribution in [1.29, 1.82) is 0 Å². The van der Waals surface area contributed by atoms with Crippen LogP contribution in [0.15, 0.2) is 36.4 Å². The van der Waals surface area contributed by atoms with Crippen LogP contribution in [0, 0.1) is 13.8 Å². The summed E-state index contributed by atoms with van der Waals surface area (Å²) in [5.41, 5.74) is 2.52. The molecular formula is C20H22Cl2N2O3. The van der Waals surface area contributed by atoms with E-state index >= 15 is 0 Å². The average Bonchev–Trinajstić information content (AvgIpc) is 2.58. The Balaban J connectivity index is 1.78. The fraction of sp³-hybridized carbons (Fsp3) is 0.300. The van der Waals surface area contributed by atoms with E-state index in [0.29, 0.717) is 18.2 Å². The fourth-order valence-corrected chi connectivity index (χ4v) is 3.00. The zero-order valence-electron chi connectivity index (χ0n) is 15.5. The number of nitrogens with one attached hydrogen (secondary N) is 1. The molecule has 0 atom stereocenters. The molecule has 5 nitrogen and oxygen atoms in total. The molecule has 0 bridgehead atoms. The zero-order valence-corrected chi connectivity index (χ0v) is 17.0. The van der Waals surface area contributed by atoms with Gasteiger partial charge in [-0.2, -0.15) is 0 Å². The smallest absolute Gasteiger partial charge is 0.253 e. The number of likely N-dealkylation sites (N-methyl/N-ethyl adjacent to an activating group) is 1. The molecule has 2 amide bonds. The number of ether oxygens (including phenoxy) is 1. The van der Waals surface area contributed by atoms with Gasteiger partial charge >= 0.3 is 0 Å². The van der Waals surface area contributed by atoms with Crippen LogP contribution in [-0.2, 0) is 4.79 Å². The standard InChI is InChI=1S/C20H22Cl2N2O3/c1-13-8-14(2)10-16(9-13)27-7-6-24(3)19(25)12-23-20(26)17-5-4-15(21)11-18(17)22/h4-5,8-11H,6-7,12H2,1-3H3,(H,23,26). The highest BCUT2D eigenvalue weighted by Crippen LogP contribution is 2.20.